The van der Waals surface area contributed by atoms with Gasteiger partial charge in [-0.05, 0) is 19.2 Å². The van der Waals surface area contributed by atoms with Crippen LogP contribution in [0.15, 0.2) is 27.8 Å². The van der Waals surface area contributed by atoms with Crippen LogP contribution in [0.2, 0.25) is 0 Å². The normalized spacial score (nSPS) is 10.8. The zero-order valence-corrected chi connectivity index (χ0v) is 8.65. The molecule has 0 atom stereocenters. The first-order valence-electron chi connectivity index (χ1n) is 4.74. The highest BCUT2D eigenvalue weighted by Gasteiger charge is 2.06. The molecule has 0 saturated heterocycles. The Kier molecular flexibility index (Phi) is 2.49. The molecule has 84 valence electrons. The van der Waals surface area contributed by atoms with E-state index < -0.39 is 5.69 Å². The number of hydrogen-bond donors (Lipinski definition) is 3. The molecule has 16 heavy (non-hydrogen) atoms. The van der Waals surface area contributed by atoms with E-state index in [1.807, 2.05) is 0 Å². The van der Waals surface area contributed by atoms with Gasteiger partial charge in [-0.2, -0.15) is 0 Å². The number of hydrogen-bond acceptors (Lipinski definition) is 4. The Hall–Kier alpha value is -2.08. The lowest BCUT2D eigenvalue weighted by Gasteiger charge is -2.05. The lowest BCUT2D eigenvalue weighted by Crippen LogP contribution is -2.38. The summed E-state index contributed by atoms with van der Waals surface area (Å²) < 4.78 is 1.05. The molecule has 0 bridgehead atoms. The number of phenolic OH excluding ortho intramolecular Hbond substituents is 1. The van der Waals surface area contributed by atoms with Gasteiger partial charge in [-0.1, -0.05) is 0 Å². The molecule has 0 radical (unpaired) electrons. The number of aromatic hydroxyl groups is 1. The van der Waals surface area contributed by atoms with E-state index >= 15 is 0 Å². The average molecular weight is 221 g/mol. The van der Waals surface area contributed by atoms with E-state index in [1.54, 1.807) is 7.05 Å². The molecule has 0 aliphatic carbocycles. The summed E-state index contributed by atoms with van der Waals surface area (Å²) in [7, 11) is 1.65. The minimum atomic E-state index is -0.502. The first-order valence-corrected chi connectivity index (χ1v) is 4.74. The molecule has 1 aromatic heterocycles. The van der Waals surface area contributed by atoms with Gasteiger partial charge < -0.3 is 15.4 Å². The fraction of sp³-hybridized carbons (Fsp3) is 0.200. The summed E-state index contributed by atoms with van der Waals surface area (Å²) in [6, 6.07) is 4.24. The first kappa shape index (κ1) is 10.4. The summed E-state index contributed by atoms with van der Waals surface area (Å²) in [5.74, 6) is 0.00826. The number of phenols is 1. The van der Waals surface area contributed by atoms with Crippen molar-refractivity contribution >= 4 is 10.9 Å². The van der Waals surface area contributed by atoms with Crippen molar-refractivity contribution in [2.45, 2.75) is 6.67 Å². The molecule has 0 saturated carbocycles. The van der Waals surface area contributed by atoms with Crippen molar-refractivity contribution in [2.24, 2.45) is 0 Å². The summed E-state index contributed by atoms with van der Waals surface area (Å²) in [5, 5.41) is 12.3. The Morgan fingerprint density at radius 3 is 2.88 bits per heavy atom. The van der Waals surface area contributed by atoms with Gasteiger partial charge in [0.2, 0.25) is 0 Å². The molecule has 3 N–H and O–H groups in total. The summed E-state index contributed by atoms with van der Waals surface area (Å²) in [6.07, 6.45) is 0. The topological polar surface area (TPSA) is 87.1 Å². The number of fused-ring (bicyclic) bond motifs is 1. The van der Waals surface area contributed by atoms with E-state index in [4.69, 9.17) is 0 Å². The van der Waals surface area contributed by atoms with E-state index in [0.29, 0.717) is 10.9 Å². The zero-order chi connectivity index (χ0) is 11.7. The van der Waals surface area contributed by atoms with Crippen LogP contribution in [0.3, 0.4) is 0 Å². The summed E-state index contributed by atoms with van der Waals surface area (Å²) in [5.41, 5.74) is -0.548. The Morgan fingerprint density at radius 2 is 2.19 bits per heavy atom. The van der Waals surface area contributed by atoms with Crippen LogP contribution in [-0.4, -0.2) is 21.7 Å². The predicted octanol–water partition coefficient (Wildman–Crippen LogP) is -0.428. The van der Waals surface area contributed by atoms with E-state index in [9.17, 15) is 14.7 Å². The molecule has 0 aliphatic rings. The number of rotatable bonds is 2. The Balaban J connectivity index is 2.84. The summed E-state index contributed by atoms with van der Waals surface area (Å²) in [6.45, 7) is 0.144. The Labute approximate surface area is 90.2 Å². The standard InChI is InChI=1S/C10H11N3O3/c1-11-5-13-9(15)7-3-2-6(14)4-8(7)12-10(13)16/h2-4,11,14H,5H2,1H3,(H,12,16). The molecule has 0 fully saturated rings. The molecule has 2 aromatic rings. The molecule has 0 amide bonds. The number of nitrogens with one attached hydrogen (secondary N) is 2. The van der Waals surface area contributed by atoms with Crippen molar-refractivity contribution in [1.29, 1.82) is 0 Å². The van der Waals surface area contributed by atoms with Gasteiger partial charge in [-0.15, -0.1) is 0 Å². The van der Waals surface area contributed by atoms with Crippen LogP contribution in [0.25, 0.3) is 10.9 Å². The van der Waals surface area contributed by atoms with Gasteiger partial charge in [-0.3, -0.25) is 4.79 Å². The number of benzene rings is 1. The Bertz CT molecular complexity index is 642. The van der Waals surface area contributed by atoms with Gasteiger partial charge >= 0.3 is 5.69 Å². The second-order valence-corrected chi connectivity index (χ2v) is 3.40. The minimum Gasteiger partial charge on any atom is -0.508 e. The van der Waals surface area contributed by atoms with Crippen LogP contribution in [0.4, 0.5) is 0 Å². The van der Waals surface area contributed by atoms with E-state index in [0.717, 1.165) is 4.57 Å². The van der Waals surface area contributed by atoms with Crippen LogP contribution < -0.4 is 16.6 Å². The molecule has 6 heteroatoms. The zero-order valence-electron chi connectivity index (χ0n) is 8.65. The van der Waals surface area contributed by atoms with Gasteiger partial charge in [0.05, 0.1) is 17.6 Å². The molecule has 1 heterocycles. The SMILES string of the molecule is CNCn1c(=O)[nH]c2cc(O)ccc2c1=O. The van der Waals surface area contributed by atoms with E-state index in [2.05, 4.69) is 10.3 Å². The molecule has 0 unspecified atom stereocenters. The lowest BCUT2D eigenvalue weighted by atomic mass is 10.2. The number of aromatic nitrogens is 2. The third kappa shape index (κ3) is 1.59. The second-order valence-electron chi connectivity index (χ2n) is 3.40. The highest BCUT2D eigenvalue weighted by molar-refractivity contribution is 5.78. The molecular formula is C10H11N3O3. The maximum Gasteiger partial charge on any atom is 0.329 e. The highest BCUT2D eigenvalue weighted by atomic mass is 16.3. The van der Waals surface area contributed by atoms with Crippen molar-refractivity contribution in [3.05, 3.63) is 39.0 Å². The molecule has 1 aromatic carbocycles. The van der Waals surface area contributed by atoms with Crippen molar-refractivity contribution in [3.63, 3.8) is 0 Å². The van der Waals surface area contributed by atoms with E-state index in [1.165, 1.54) is 18.2 Å². The third-order valence-corrected chi connectivity index (χ3v) is 2.28. The average Bonchev–Trinajstić information content (AvgIpc) is 2.23. The van der Waals surface area contributed by atoms with Crippen molar-refractivity contribution < 1.29 is 5.11 Å². The maximum absolute atomic E-state index is 11.9. The molecular weight excluding hydrogens is 210 g/mol. The largest absolute Gasteiger partial charge is 0.508 e. The first-order chi connectivity index (χ1) is 7.63. The number of H-pyrrole nitrogens is 1. The van der Waals surface area contributed by atoms with Crippen molar-refractivity contribution in [3.8, 4) is 5.75 Å². The molecule has 0 aliphatic heterocycles. The van der Waals surface area contributed by atoms with Gasteiger partial charge in [0.15, 0.2) is 0 Å². The highest BCUT2D eigenvalue weighted by Crippen LogP contribution is 2.13. The maximum atomic E-state index is 11.9. The fourth-order valence-corrected chi connectivity index (χ4v) is 1.54. The van der Waals surface area contributed by atoms with Gasteiger partial charge in [0.25, 0.3) is 5.56 Å². The van der Waals surface area contributed by atoms with Gasteiger partial charge in [0.1, 0.15) is 5.75 Å². The van der Waals surface area contributed by atoms with Crippen molar-refractivity contribution in [1.82, 2.24) is 14.9 Å². The van der Waals surface area contributed by atoms with Gasteiger partial charge in [0, 0.05) is 6.07 Å². The van der Waals surface area contributed by atoms with Crippen molar-refractivity contribution in [2.75, 3.05) is 7.05 Å². The molecule has 2 rings (SSSR count). The lowest BCUT2D eigenvalue weighted by molar-refractivity contribution is 0.476. The second kappa shape index (κ2) is 3.82. The van der Waals surface area contributed by atoms with Crippen LogP contribution in [0, 0.1) is 0 Å². The Morgan fingerprint density at radius 1 is 1.44 bits per heavy atom. The summed E-state index contributed by atoms with van der Waals surface area (Å²) >= 11 is 0. The van der Waals surface area contributed by atoms with E-state index in [-0.39, 0.29) is 18.0 Å². The molecule has 0 spiro atoms. The monoisotopic (exact) mass is 221 g/mol. The van der Waals surface area contributed by atoms with Crippen LogP contribution >= 0.6 is 0 Å². The van der Waals surface area contributed by atoms with Gasteiger partial charge in [-0.25, -0.2) is 9.36 Å². The fourth-order valence-electron chi connectivity index (χ4n) is 1.54. The quantitative estimate of drug-likeness (QED) is 0.642. The smallest absolute Gasteiger partial charge is 0.329 e. The third-order valence-electron chi connectivity index (χ3n) is 2.28. The summed E-state index contributed by atoms with van der Waals surface area (Å²) in [4.78, 5) is 25.9. The molecule has 6 nitrogen and oxygen atoms in total. The van der Waals surface area contributed by atoms with Crippen LogP contribution in [0.5, 0.6) is 5.75 Å². The number of nitrogens with zero attached hydrogens (tertiary/aromatic N) is 1. The number of aromatic amines is 1. The predicted molar refractivity (Wildman–Crippen MR) is 59.6 cm³/mol. The van der Waals surface area contributed by atoms with Crippen LogP contribution in [-0.2, 0) is 6.67 Å². The van der Waals surface area contributed by atoms with Crippen LogP contribution in [0.1, 0.15) is 0 Å². The minimum absolute atomic E-state index is 0.00826.